The first-order valence-corrected chi connectivity index (χ1v) is 8.53. The van der Waals surface area contributed by atoms with Gasteiger partial charge in [-0.2, -0.15) is 13.2 Å². The molecule has 0 spiro atoms. The number of rotatable bonds is 1. The van der Waals surface area contributed by atoms with Gasteiger partial charge in [-0.25, -0.2) is 14.7 Å². The molecule has 0 bridgehead atoms. The maximum absolute atomic E-state index is 13.5. The fourth-order valence-electron chi connectivity index (χ4n) is 2.80. The molecular formula is C16H26F3N5O2. The van der Waals surface area contributed by atoms with Gasteiger partial charge in [0.25, 0.3) is 0 Å². The minimum atomic E-state index is -4.70. The van der Waals surface area contributed by atoms with E-state index in [1.165, 1.54) is 0 Å². The van der Waals surface area contributed by atoms with Gasteiger partial charge in [0.15, 0.2) is 6.29 Å². The first-order valence-electron chi connectivity index (χ1n) is 8.53. The third-order valence-electron chi connectivity index (χ3n) is 4.09. The SMILES string of the molecule is CC(C)(C)OC(=O)N1C=C(C(F)(F)F)C(NC2CCC(N)CC2)=NC1N. The lowest BCUT2D eigenvalue weighted by atomic mass is 9.91. The number of carbonyl (C=O) groups excluding carboxylic acids is 1. The van der Waals surface area contributed by atoms with Crippen molar-refractivity contribution < 1.29 is 22.7 Å². The van der Waals surface area contributed by atoms with E-state index >= 15 is 0 Å². The second-order valence-corrected chi connectivity index (χ2v) is 7.58. The normalized spacial score (nSPS) is 27.5. The number of carbonyl (C=O) groups is 1. The van der Waals surface area contributed by atoms with Crippen LogP contribution in [0.15, 0.2) is 16.8 Å². The Morgan fingerprint density at radius 3 is 2.31 bits per heavy atom. The predicted molar refractivity (Wildman–Crippen MR) is 91.0 cm³/mol. The number of ether oxygens (including phenoxy) is 1. The first kappa shape index (κ1) is 20.5. The van der Waals surface area contributed by atoms with E-state index in [1.807, 2.05) is 0 Å². The van der Waals surface area contributed by atoms with Crippen LogP contribution in [-0.2, 0) is 4.74 Å². The summed E-state index contributed by atoms with van der Waals surface area (Å²) in [4.78, 5) is 16.7. The smallest absolute Gasteiger partial charge is 0.421 e. The summed E-state index contributed by atoms with van der Waals surface area (Å²) in [5.41, 5.74) is 9.69. The van der Waals surface area contributed by atoms with Crippen LogP contribution in [0.25, 0.3) is 0 Å². The molecule has 148 valence electrons. The van der Waals surface area contributed by atoms with E-state index < -0.39 is 29.7 Å². The van der Waals surface area contributed by atoms with Crippen LogP contribution in [0.2, 0.25) is 0 Å². The number of amidine groups is 1. The van der Waals surface area contributed by atoms with Crippen LogP contribution in [0.3, 0.4) is 0 Å². The zero-order valence-corrected chi connectivity index (χ0v) is 15.1. The number of nitrogens with two attached hydrogens (primary N) is 2. The number of amides is 1. The van der Waals surface area contributed by atoms with Crippen LogP contribution >= 0.6 is 0 Å². The van der Waals surface area contributed by atoms with E-state index in [0.717, 1.165) is 12.8 Å². The highest BCUT2D eigenvalue weighted by atomic mass is 19.4. The van der Waals surface area contributed by atoms with Gasteiger partial charge in [-0.1, -0.05) is 0 Å². The molecule has 1 atom stereocenters. The van der Waals surface area contributed by atoms with Crippen molar-refractivity contribution in [3.8, 4) is 0 Å². The molecule has 5 N–H and O–H groups in total. The number of nitrogens with zero attached hydrogens (tertiary/aromatic N) is 2. The maximum Gasteiger partial charge on any atom is 0.421 e. The van der Waals surface area contributed by atoms with Gasteiger partial charge in [0.1, 0.15) is 17.0 Å². The largest absolute Gasteiger partial charge is 0.443 e. The molecule has 2 rings (SSSR count). The van der Waals surface area contributed by atoms with Gasteiger partial charge in [0.05, 0.1) is 0 Å². The molecule has 0 aromatic heterocycles. The molecule has 7 nitrogen and oxygen atoms in total. The Labute approximate surface area is 150 Å². The molecule has 1 heterocycles. The number of hydrogen-bond acceptors (Lipinski definition) is 6. The summed E-state index contributed by atoms with van der Waals surface area (Å²) in [6.07, 6.45) is -3.58. The lowest BCUT2D eigenvalue weighted by Crippen LogP contribution is -2.51. The van der Waals surface area contributed by atoms with E-state index in [2.05, 4.69) is 10.3 Å². The Hall–Kier alpha value is -1.81. The quantitative estimate of drug-likeness (QED) is 0.649. The van der Waals surface area contributed by atoms with E-state index in [4.69, 9.17) is 16.2 Å². The minimum absolute atomic E-state index is 0.0730. The molecule has 1 aliphatic carbocycles. The molecule has 1 fully saturated rings. The molecule has 0 radical (unpaired) electrons. The number of alkyl halides is 3. The van der Waals surface area contributed by atoms with Crippen molar-refractivity contribution >= 4 is 11.9 Å². The van der Waals surface area contributed by atoms with Crippen LogP contribution in [-0.4, -0.2) is 47.0 Å². The third-order valence-corrected chi connectivity index (χ3v) is 4.09. The topological polar surface area (TPSA) is 106 Å². The van der Waals surface area contributed by atoms with Gasteiger partial charge in [0.2, 0.25) is 0 Å². The van der Waals surface area contributed by atoms with Crippen LogP contribution in [0.4, 0.5) is 18.0 Å². The lowest BCUT2D eigenvalue weighted by Gasteiger charge is -2.34. The molecule has 2 aliphatic rings. The molecule has 0 saturated heterocycles. The Balaban J connectivity index is 2.20. The fourth-order valence-corrected chi connectivity index (χ4v) is 2.80. The fraction of sp³-hybridized carbons (Fsp3) is 0.750. The number of aliphatic imine (C=N–C) groups is 1. The Kier molecular flexibility index (Phi) is 5.86. The zero-order chi connectivity index (χ0) is 19.7. The molecule has 10 heteroatoms. The molecule has 1 aliphatic heterocycles. The molecular weight excluding hydrogens is 351 g/mol. The first-order chi connectivity index (χ1) is 11.9. The number of nitrogens with one attached hydrogen (secondary N) is 1. The van der Waals surface area contributed by atoms with E-state index in [-0.39, 0.29) is 17.9 Å². The zero-order valence-electron chi connectivity index (χ0n) is 15.1. The molecule has 1 amide bonds. The van der Waals surface area contributed by atoms with Crippen molar-refractivity contribution in [1.82, 2.24) is 10.2 Å². The Morgan fingerprint density at radius 2 is 1.81 bits per heavy atom. The highest BCUT2D eigenvalue weighted by Crippen LogP contribution is 2.30. The van der Waals surface area contributed by atoms with Gasteiger partial charge >= 0.3 is 12.3 Å². The average Bonchev–Trinajstić information content (AvgIpc) is 2.46. The maximum atomic E-state index is 13.5. The minimum Gasteiger partial charge on any atom is -0.443 e. The second-order valence-electron chi connectivity index (χ2n) is 7.58. The molecule has 0 aromatic rings. The van der Waals surface area contributed by atoms with Gasteiger partial charge in [-0.3, -0.25) is 5.73 Å². The highest BCUT2D eigenvalue weighted by Gasteiger charge is 2.42. The van der Waals surface area contributed by atoms with Gasteiger partial charge in [-0.15, -0.1) is 0 Å². The standard InChI is InChI=1S/C16H26F3N5O2/c1-15(2,3)26-14(25)24-8-11(16(17,18)19)12(23-13(24)21)22-10-6-4-9(20)5-7-10/h8-10,13H,4-7,20-21H2,1-3H3,(H,22,23). The van der Waals surface area contributed by atoms with Crippen molar-refractivity contribution in [1.29, 1.82) is 0 Å². The highest BCUT2D eigenvalue weighted by molar-refractivity contribution is 6.01. The van der Waals surface area contributed by atoms with Crippen molar-refractivity contribution in [3.05, 3.63) is 11.8 Å². The molecule has 26 heavy (non-hydrogen) atoms. The lowest BCUT2D eigenvalue weighted by molar-refractivity contribution is -0.0881. The van der Waals surface area contributed by atoms with E-state index in [9.17, 15) is 18.0 Å². The summed E-state index contributed by atoms with van der Waals surface area (Å²) in [5, 5.41) is 2.82. The summed E-state index contributed by atoms with van der Waals surface area (Å²) < 4.78 is 45.5. The summed E-state index contributed by atoms with van der Waals surface area (Å²) in [7, 11) is 0. The van der Waals surface area contributed by atoms with Crippen molar-refractivity contribution in [2.24, 2.45) is 16.5 Å². The van der Waals surface area contributed by atoms with Crippen LogP contribution in [0, 0.1) is 0 Å². The van der Waals surface area contributed by atoms with Crippen molar-refractivity contribution in [2.75, 3.05) is 0 Å². The summed E-state index contributed by atoms with van der Waals surface area (Å²) >= 11 is 0. The van der Waals surface area contributed by atoms with Crippen LogP contribution in [0.5, 0.6) is 0 Å². The van der Waals surface area contributed by atoms with Crippen LogP contribution < -0.4 is 16.8 Å². The van der Waals surface area contributed by atoms with Gasteiger partial charge < -0.3 is 15.8 Å². The second kappa shape index (κ2) is 7.43. The predicted octanol–water partition coefficient (Wildman–Crippen LogP) is 2.18. The monoisotopic (exact) mass is 377 g/mol. The molecule has 0 aromatic carbocycles. The average molecular weight is 377 g/mol. The van der Waals surface area contributed by atoms with E-state index in [0.29, 0.717) is 23.9 Å². The van der Waals surface area contributed by atoms with Crippen LogP contribution in [0.1, 0.15) is 46.5 Å². The number of halogens is 3. The van der Waals surface area contributed by atoms with Crippen molar-refractivity contribution in [3.63, 3.8) is 0 Å². The Bertz CT molecular complexity index is 590. The van der Waals surface area contributed by atoms with E-state index in [1.54, 1.807) is 20.8 Å². The molecule has 1 unspecified atom stereocenters. The van der Waals surface area contributed by atoms with Gasteiger partial charge in [0, 0.05) is 18.3 Å². The summed E-state index contributed by atoms with van der Waals surface area (Å²) in [5.74, 6) is -0.356. The summed E-state index contributed by atoms with van der Waals surface area (Å²) in [6, 6.07) is -0.0940. The Morgan fingerprint density at radius 1 is 1.23 bits per heavy atom. The number of hydrogen-bond donors (Lipinski definition) is 3. The van der Waals surface area contributed by atoms with Crippen molar-refractivity contribution in [2.45, 2.75) is 76.6 Å². The third kappa shape index (κ3) is 5.34. The summed E-state index contributed by atoms with van der Waals surface area (Å²) in [6.45, 7) is 4.83. The molecule has 1 saturated carbocycles. The van der Waals surface area contributed by atoms with Gasteiger partial charge in [-0.05, 0) is 46.5 Å².